The van der Waals surface area contributed by atoms with E-state index in [1.54, 1.807) is 44.2 Å². The van der Waals surface area contributed by atoms with Gasteiger partial charge >= 0.3 is 21.7 Å². The summed E-state index contributed by atoms with van der Waals surface area (Å²) in [5.41, 5.74) is 6.52. The summed E-state index contributed by atoms with van der Waals surface area (Å²) >= 11 is 0. The van der Waals surface area contributed by atoms with Crippen LogP contribution >= 0.6 is 15.6 Å². The first-order chi connectivity index (χ1) is 17.5. The number of phosphoric ester groups is 1. The predicted octanol–water partition coefficient (Wildman–Crippen LogP) is 2.39. The van der Waals surface area contributed by atoms with Gasteiger partial charge in [0.05, 0.1) is 10.9 Å². The molecule has 0 spiro atoms. The van der Waals surface area contributed by atoms with Crippen molar-refractivity contribution in [1.82, 2.24) is 9.62 Å². The fourth-order valence-corrected chi connectivity index (χ4v) is 6.93. The summed E-state index contributed by atoms with van der Waals surface area (Å²) in [6.45, 7) is 2.63. The minimum Gasteiger partial charge on any atom is -0.465 e. The predicted molar refractivity (Wildman–Crippen MR) is 137 cm³/mol. The first kappa shape index (κ1) is 31.9. The van der Waals surface area contributed by atoms with E-state index in [2.05, 4.69) is 9.63 Å². The molecule has 7 N–H and O–H groups in total. The molecule has 3 atom stereocenters. The smallest absolute Gasteiger partial charge is 0.465 e. The van der Waals surface area contributed by atoms with Crippen molar-refractivity contribution in [2.75, 3.05) is 18.8 Å². The Bertz CT molecular complexity index is 1270. The molecule has 0 aliphatic heterocycles. The standard InChI is InChI=1S/C21H31N3O11P2S/c1-15(2)13-24(38(32,33)18-10-8-17(22)9-11-18)14-20(34-37(30,31)35-36(27,28)29)19(23-21(25)26)12-16-6-4-3-5-7-16/h3-11,15,19-20,23H,12-14,22H2,1-2H3,(H,25,26)(H,30,31)(H2,27,28,29)/t19-,20+/m0/s1. The summed E-state index contributed by atoms with van der Waals surface area (Å²) in [5.74, 6) is -0.258. The van der Waals surface area contributed by atoms with Crippen LogP contribution in [0.4, 0.5) is 10.5 Å². The summed E-state index contributed by atoms with van der Waals surface area (Å²) in [6.07, 6.45) is -3.43. The summed E-state index contributed by atoms with van der Waals surface area (Å²) in [4.78, 5) is 39.6. The molecule has 0 saturated carbocycles. The van der Waals surface area contributed by atoms with Crippen LogP contribution in [0, 0.1) is 5.92 Å². The molecule has 38 heavy (non-hydrogen) atoms. The second kappa shape index (κ2) is 13.2. The second-order valence-electron chi connectivity index (χ2n) is 8.72. The Labute approximate surface area is 220 Å². The number of rotatable bonds is 14. The van der Waals surface area contributed by atoms with E-state index in [0.717, 1.165) is 4.31 Å². The maximum absolute atomic E-state index is 13.5. The lowest BCUT2D eigenvalue weighted by atomic mass is 10.0. The molecule has 0 heterocycles. The first-order valence-electron chi connectivity index (χ1n) is 11.2. The van der Waals surface area contributed by atoms with E-state index in [4.69, 9.17) is 20.0 Å². The SMILES string of the molecule is CC(C)CN(C[C@@H](OP(=O)(O)OP(=O)(O)O)[C@H](Cc1ccccc1)NC(=O)O)S(=O)(=O)c1ccc(N)cc1. The maximum Gasteiger partial charge on any atom is 0.481 e. The van der Waals surface area contributed by atoms with E-state index in [1.807, 2.05) is 0 Å². The number of amides is 1. The Balaban J connectivity index is 2.57. The fourth-order valence-electron chi connectivity index (χ4n) is 3.53. The Hall–Kier alpha value is -2.32. The van der Waals surface area contributed by atoms with Crippen molar-refractivity contribution >= 4 is 37.4 Å². The molecule has 2 aromatic carbocycles. The van der Waals surface area contributed by atoms with Crippen LogP contribution in [-0.4, -0.2) is 63.8 Å². The number of sulfonamides is 1. The fraction of sp³-hybridized carbons (Fsp3) is 0.381. The minimum atomic E-state index is -5.53. The quantitative estimate of drug-likeness (QED) is 0.137. The number of carbonyl (C=O) groups is 1. The molecule has 0 fully saturated rings. The van der Waals surface area contributed by atoms with Crippen molar-refractivity contribution in [3.05, 3.63) is 60.2 Å². The molecular formula is C21H31N3O11P2S. The zero-order valence-electron chi connectivity index (χ0n) is 20.5. The number of hydrogen-bond acceptors (Lipinski definition) is 8. The van der Waals surface area contributed by atoms with Gasteiger partial charge in [-0.3, -0.25) is 4.52 Å². The van der Waals surface area contributed by atoms with Crippen molar-refractivity contribution in [2.45, 2.75) is 37.3 Å². The average molecular weight is 596 g/mol. The number of anilines is 1. The number of hydrogen-bond donors (Lipinski definition) is 6. The van der Waals surface area contributed by atoms with Crippen LogP contribution in [0.1, 0.15) is 19.4 Å². The topological polar surface area (TPSA) is 226 Å². The van der Waals surface area contributed by atoms with Gasteiger partial charge in [-0.1, -0.05) is 44.2 Å². The van der Waals surface area contributed by atoms with E-state index in [1.165, 1.54) is 24.3 Å². The van der Waals surface area contributed by atoms with Gasteiger partial charge < -0.3 is 30.8 Å². The van der Waals surface area contributed by atoms with Crippen LogP contribution in [0.2, 0.25) is 0 Å². The lowest BCUT2D eigenvalue weighted by Gasteiger charge is -2.33. The van der Waals surface area contributed by atoms with E-state index >= 15 is 0 Å². The highest BCUT2D eigenvalue weighted by molar-refractivity contribution is 7.89. The van der Waals surface area contributed by atoms with Crippen molar-refractivity contribution < 1.29 is 51.0 Å². The molecule has 0 aliphatic carbocycles. The Morgan fingerprint density at radius 3 is 2.11 bits per heavy atom. The van der Waals surface area contributed by atoms with Gasteiger partial charge in [0, 0.05) is 18.8 Å². The monoisotopic (exact) mass is 595 g/mol. The number of nitrogen functional groups attached to an aromatic ring is 1. The zero-order valence-corrected chi connectivity index (χ0v) is 23.1. The van der Waals surface area contributed by atoms with Gasteiger partial charge in [-0.2, -0.15) is 8.62 Å². The molecule has 0 radical (unpaired) electrons. The van der Waals surface area contributed by atoms with Gasteiger partial charge in [0.2, 0.25) is 10.0 Å². The van der Waals surface area contributed by atoms with Crippen molar-refractivity contribution in [3.8, 4) is 0 Å². The van der Waals surface area contributed by atoms with Gasteiger partial charge in [-0.05, 0) is 42.2 Å². The largest absolute Gasteiger partial charge is 0.481 e. The van der Waals surface area contributed by atoms with Crippen molar-refractivity contribution in [1.29, 1.82) is 0 Å². The Morgan fingerprint density at radius 2 is 1.61 bits per heavy atom. The molecule has 2 aromatic rings. The summed E-state index contributed by atoms with van der Waals surface area (Å²) < 4.78 is 60.7. The highest BCUT2D eigenvalue weighted by Gasteiger charge is 2.40. The van der Waals surface area contributed by atoms with Gasteiger partial charge in [0.15, 0.2) is 0 Å². The van der Waals surface area contributed by atoms with Crippen molar-refractivity contribution in [3.63, 3.8) is 0 Å². The number of benzene rings is 2. The van der Waals surface area contributed by atoms with Gasteiger partial charge in [-0.15, -0.1) is 0 Å². The highest BCUT2D eigenvalue weighted by atomic mass is 32.2. The Kier molecular flexibility index (Phi) is 11.0. The van der Waals surface area contributed by atoms with Crippen LogP contribution in [0.5, 0.6) is 0 Å². The molecule has 212 valence electrons. The van der Waals surface area contributed by atoms with Gasteiger partial charge in [-0.25, -0.2) is 22.3 Å². The van der Waals surface area contributed by atoms with Crippen LogP contribution in [-0.2, 0) is 34.4 Å². The Morgan fingerprint density at radius 1 is 1.03 bits per heavy atom. The third kappa shape index (κ3) is 10.4. The highest BCUT2D eigenvalue weighted by Crippen LogP contribution is 2.58. The van der Waals surface area contributed by atoms with E-state index in [0.29, 0.717) is 11.3 Å². The van der Waals surface area contributed by atoms with Crippen molar-refractivity contribution in [2.24, 2.45) is 5.92 Å². The normalized spacial score (nSPS) is 15.7. The van der Waals surface area contributed by atoms with Gasteiger partial charge in [0.1, 0.15) is 6.10 Å². The number of nitrogens with two attached hydrogens (primary N) is 1. The lowest BCUT2D eigenvalue weighted by molar-refractivity contribution is 0.0803. The van der Waals surface area contributed by atoms with Crippen LogP contribution < -0.4 is 11.1 Å². The molecule has 0 aliphatic rings. The summed E-state index contributed by atoms with van der Waals surface area (Å²) in [6, 6.07) is 12.2. The summed E-state index contributed by atoms with van der Waals surface area (Å²) in [7, 11) is -15.3. The number of carboxylic acid groups (broad SMARTS) is 1. The van der Waals surface area contributed by atoms with Gasteiger partial charge in [0.25, 0.3) is 0 Å². The van der Waals surface area contributed by atoms with E-state index in [9.17, 15) is 32.3 Å². The third-order valence-electron chi connectivity index (χ3n) is 5.00. The average Bonchev–Trinajstić information content (AvgIpc) is 2.76. The minimum absolute atomic E-state index is 0.118. The maximum atomic E-state index is 13.5. The summed E-state index contributed by atoms with van der Waals surface area (Å²) in [5, 5.41) is 11.6. The molecule has 0 bridgehead atoms. The molecule has 14 nitrogen and oxygen atoms in total. The van der Waals surface area contributed by atoms with Crippen LogP contribution in [0.3, 0.4) is 0 Å². The molecular weight excluding hydrogens is 564 g/mol. The number of nitrogens with one attached hydrogen (secondary N) is 1. The first-order valence-corrected chi connectivity index (χ1v) is 15.6. The molecule has 0 aromatic heterocycles. The molecule has 1 unspecified atom stereocenters. The molecule has 2 rings (SSSR count). The van der Waals surface area contributed by atoms with Crippen LogP contribution in [0.25, 0.3) is 0 Å². The molecule has 0 saturated heterocycles. The van der Waals surface area contributed by atoms with E-state index in [-0.39, 0.29) is 23.8 Å². The number of phosphoric acid groups is 2. The molecule has 1 amide bonds. The third-order valence-corrected chi connectivity index (χ3v) is 9.06. The second-order valence-corrected chi connectivity index (χ2v) is 13.4. The van der Waals surface area contributed by atoms with Crippen LogP contribution in [0.15, 0.2) is 59.5 Å². The zero-order chi connectivity index (χ0) is 28.7. The van der Waals surface area contributed by atoms with E-state index < -0.39 is 50.5 Å². The lowest BCUT2D eigenvalue weighted by Crippen LogP contribution is -2.51. The number of nitrogens with zero attached hydrogens (tertiary/aromatic N) is 1. The molecule has 17 heteroatoms.